The van der Waals surface area contributed by atoms with Gasteiger partial charge >= 0.3 is 11.6 Å². The van der Waals surface area contributed by atoms with Crippen LogP contribution in [0.25, 0.3) is 11.0 Å². The number of esters is 1. The Hall–Kier alpha value is -2.83. The molecule has 1 amide bonds. The summed E-state index contributed by atoms with van der Waals surface area (Å²) in [6, 6.07) is 6.36. The van der Waals surface area contributed by atoms with E-state index < -0.39 is 11.6 Å². The van der Waals surface area contributed by atoms with E-state index in [-0.39, 0.29) is 19.1 Å². The second-order valence-electron chi connectivity index (χ2n) is 6.39. The van der Waals surface area contributed by atoms with Gasteiger partial charge in [0.05, 0.1) is 0 Å². The molecule has 0 bridgehead atoms. The van der Waals surface area contributed by atoms with E-state index in [1.807, 2.05) is 6.92 Å². The van der Waals surface area contributed by atoms with Gasteiger partial charge in [-0.2, -0.15) is 0 Å². The van der Waals surface area contributed by atoms with Crippen LogP contribution < -0.4 is 15.7 Å². The second-order valence-corrected chi connectivity index (χ2v) is 6.39. The first-order valence-corrected chi connectivity index (χ1v) is 8.45. The van der Waals surface area contributed by atoms with Gasteiger partial charge in [-0.25, -0.2) is 9.59 Å². The molecule has 0 aliphatic heterocycles. The van der Waals surface area contributed by atoms with Crippen molar-refractivity contribution in [3.05, 3.63) is 40.2 Å². The molecule has 1 heterocycles. The molecule has 7 nitrogen and oxygen atoms in total. The van der Waals surface area contributed by atoms with Gasteiger partial charge in [0.15, 0.2) is 13.2 Å². The molecule has 0 aliphatic carbocycles. The van der Waals surface area contributed by atoms with E-state index in [0.717, 1.165) is 17.4 Å². The Morgan fingerprint density at radius 3 is 2.69 bits per heavy atom. The molecule has 1 aromatic carbocycles. The summed E-state index contributed by atoms with van der Waals surface area (Å²) in [4.78, 5) is 34.6. The summed E-state index contributed by atoms with van der Waals surface area (Å²) in [7, 11) is 0. The minimum atomic E-state index is -0.658. The molecule has 1 aromatic heterocycles. The minimum absolute atomic E-state index is 0.341. The van der Waals surface area contributed by atoms with Crippen LogP contribution in [0.4, 0.5) is 0 Å². The van der Waals surface area contributed by atoms with Gasteiger partial charge in [0.25, 0.3) is 5.91 Å². The third kappa shape index (κ3) is 5.91. The molecule has 1 N–H and O–H groups in total. The lowest BCUT2D eigenvalue weighted by atomic mass is 10.1. The van der Waals surface area contributed by atoms with Crippen molar-refractivity contribution in [2.75, 3.05) is 19.8 Å². The first-order chi connectivity index (χ1) is 12.3. The SMILES string of the molecule is Cc1cc(=O)oc2cc(OCC(=O)OCC(=O)NCCC(C)C)ccc12. The molecule has 26 heavy (non-hydrogen) atoms. The molecule has 0 fully saturated rings. The highest BCUT2D eigenvalue weighted by Gasteiger charge is 2.10. The lowest BCUT2D eigenvalue weighted by Crippen LogP contribution is -2.31. The quantitative estimate of drug-likeness (QED) is 0.572. The van der Waals surface area contributed by atoms with Crippen molar-refractivity contribution in [3.63, 3.8) is 0 Å². The molecular formula is C19H23NO6. The average Bonchev–Trinajstić information content (AvgIpc) is 2.57. The van der Waals surface area contributed by atoms with Gasteiger partial charge in [-0.15, -0.1) is 0 Å². The first kappa shape index (κ1) is 19.5. The van der Waals surface area contributed by atoms with Crippen LogP contribution in [0, 0.1) is 12.8 Å². The van der Waals surface area contributed by atoms with Crippen LogP contribution in [-0.4, -0.2) is 31.6 Å². The van der Waals surface area contributed by atoms with Crippen LogP contribution in [0.3, 0.4) is 0 Å². The fraction of sp³-hybridized carbons (Fsp3) is 0.421. The number of fused-ring (bicyclic) bond motifs is 1. The van der Waals surface area contributed by atoms with Crippen LogP contribution >= 0.6 is 0 Å². The summed E-state index contributed by atoms with van der Waals surface area (Å²) < 4.78 is 15.3. The Labute approximate surface area is 151 Å². The highest BCUT2D eigenvalue weighted by atomic mass is 16.6. The van der Waals surface area contributed by atoms with E-state index in [0.29, 0.717) is 23.8 Å². The maximum atomic E-state index is 11.7. The molecule has 140 valence electrons. The monoisotopic (exact) mass is 361 g/mol. The van der Waals surface area contributed by atoms with Crippen LogP contribution in [0.15, 0.2) is 33.5 Å². The van der Waals surface area contributed by atoms with Gasteiger partial charge in [-0.3, -0.25) is 4.79 Å². The number of benzene rings is 1. The van der Waals surface area contributed by atoms with Gasteiger partial charge < -0.3 is 19.2 Å². The highest BCUT2D eigenvalue weighted by molar-refractivity contribution is 5.82. The standard InChI is InChI=1S/C19H23NO6/c1-12(2)6-7-20-17(21)10-25-19(23)11-24-14-4-5-15-13(3)8-18(22)26-16(15)9-14/h4-5,8-9,12H,6-7,10-11H2,1-3H3,(H,20,21). The summed E-state index contributed by atoms with van der Waals surface area (Å²) in [5.74, 6) is -0.150. The van der Waals surface area contributed by atoms with Gasteiger partial charge in [0.1, 0.15) is 11.3 Å². The van der Waals surface area contributed by atoms with Crippen LogP contribution in [0.2, 0.25) is 0 Å². The Bertz CT molecular complexity index is 840. The van der Waals surface area contributed by atoms with Crippen molar-refractivity contribution < 1.29 is 23.5 Å². The summed E-state index contributed by atoms with van der Waals surface area (Å²) >= 11 is 0. The molecule has 2 rings (SSSR count). The van der Waals surface area contributed by atoms with Crippen molar-refractivity contribution in [1.82, 2.24) is 5.32 Å². The number of rotatable bonds is 8. The number of amides is 1. The molecule has 0 atom stereocenters. The van der Waals surface area contributed by atoms with Crippen molar-refractivity contribution >= 4 is 22.8 Å². The van der Waals surface area contributed by atoms with Crippen LogP contribution in [0.5, 0.6) is 5.75 Å². The predicted molar refractivity (Wildman–Crippen MR) is 96.1 cm³/mol. The smallest absolute Gasteiger partial charge is 0.344 e. The Morgan fingerprint density at radius 2 is 1.96 bits per heavy atom. The van der Waals surface area contributed by atoms with Crippen molar-refractivity contribution in [2.24, 2.45) is 5.92 Å². The molecule has 0 unspecified atom stereocenters. The summed E-state index contributed by atoms with van der Waals surface area (Å²) in [5, 5.41) is 3.46. The molecule has 0 aliphatic rings. The zero-order chi connectivity index (χ0) is 19.1. The topological polar surface area (TPSA) is 94.8 Å². The number of aryl methyl sites for hydroxylation is 1. The lowest BCUT2D eigenvalue weighted by molar-refractivity contribution is -0.150. The second kappa shape index (κ2) is 9.03. The van der Waals surface area contributed by atoms with Gasteiger partial charge in [0.2, 0.25) is 0 Å². The fourth-order valence-electron chi connectivity index (χ4n) is 2.28. The van der Waals surface area contributed by atoms with Gasteiger partial charge in [-0.1, -0.05) is 13.8 Å². The van der Waals surface area contributed by atoms with E-state index in [1.54, 1.807) is 12.1 Å². The maximum absolute atomic E-state index is 11.7. The van der Waals surface area contributed by atoms with Crippen LogP contribution in [-0.2, 0) is 14.3 Å². The normalized spacial score (nSPS) is 10.8. The summed E-state index contributed by atoms with van der Waals surface area (Å²) in [6.07, 6.45) is 0.861. The minimum Gasteiger partial charge on any atom is -0.482 e. The lowest BCUT2D eigenvalue weighted by Gasteiger charge is -2.09. The Morgan fingerprint density at radius 1 is 1.19 bits per heavy atom. The van der Waals surface area contributed by atoms with E-state index in [4.69, 9.17) is 13.9 Å². The van der Waals surface area contributed by atoms with Crippen LogP contribution in [0.1, 0.15) is 25.8 Å². The van der Waals surface area contributed by atoms with E-state index in [1.165, 1.54) is 12.1 Å². The van der Waals surface area contributed by atoms with Crippen molar-refractivity contribution in [3.8, 4) is 5.75 Å². The zero-order valence-electron chi connectivity index (χ0n) is 15.2. The molecule has 7 heteroatoms. The fourth-order valence-corrected chi connectivity index (χ4v) is 2.28. The largest absolute Gasteiger partial charge is 0.482 e. The number of ether oxygens (including phenoxy) is 2. The molecular weight excluding hydrogens is 338 g/mol. The van der Waals surface area contributed by atoms with Crippen molar-refractivity contribution in [1.29, 1.82) is 0 Å². The number of carbonyl (C=O) groups excluding carboxylic acids is 2. The van der Waals surface area contributed by atoms with E-state index >= 15 is 0 Å². The first-order valence-electron chi connectivity index (χ1n) is 8.45. The number of carbonyl (C=O) groups is 2. The summed E-state index contributed by atoms with van der Waals surface area (Å²) in [6.45, 7) is 5.79. The molecule has 0 spiro atoms. The number of hydrogen-bond acceptors (Lipinski definition) is 6. The van der Waals surface area contributed by atoms with Gasteiger partial charge in [0, 0.05) is 24.1 Å². The Balaban J connectivity index is 1.81. The maximum Gasteiger partial charge on any atom is 0.344 e. The molecule has 2 aromatic rings. The highest BCUT2D eigenvalue weighted by Crippen LogP contribution is 2.22. The molecule has 0 radical (unpaired) electrons. The predicted octanol–water partition coefficient (Wildman–Crippen LogP) is 2.19. The number of nitrogens with one attached hydrogen (secondary N) is 1. The zero-order valence-corrected chi connectivity index (χ0v) is 15.2. The third-order valence-corrected chi connectivity index (χ3v) is 3.69. The van der Waals surface area contributed by atoms with Crippen molar-refractivity contribution in [2.45, 2.75) is 27.2 Å². The Kier molecular flexibility index (Phi) is 6.77. The number of hydrogen-bond donors (Lipinski definition) is 1. The van der Waals surface area contributed by atoms with Gasteiger partial charge in [-0.05, 0) is 37.0 Å². The van der Waals surface area contributed by atoms with E-state index in [2.05, 4.69) is 19.2 Å². The average molecular weight is 361 g/mol. The van der Waals surface area contributed by atoms with E-state index in [9.17, 15) is 14.4 Å². The summed E-state index contributed by atoms with van der Waals surface area (Å²) in [5.41, 5.74) is 0.728. The molecule has 0 saturated heterocycles. The molecule has 0 saturated carbocycles. The third-order valence-electron chi connectivity index (χ3n) is 3.69.